The third kappa shape index (κ3) is 1.89. The van der Waals surface area contributed by atoms with E-state index in [-0.39, 0.29) is 5.60 Å². The zero-order valence-electron chi connectivity index (χ0n) is 8.46. The molecule has 1 saturated carbocycles. The molecule has 0 bridgehead atoms. The Bertz CT molecular complexity index is 175. The summed E-state index contributed by atoms with van der Waals surface area (Å²) >= 11 is 0. The fraction of sp³-hybridized carbons (Fsp3) is 1.00. The first-order valence-electron chi connectivity index (χ1n) is 5.51. The van der Waals surface area contributed by atoms with Crippen molar-refractivity contribution in [2.75, 3.05) is 13.2 Å². The Morgan fingerprint density at radius 1 is 1.38 bits per heavy atom. The van der Waals surface area contributed by atoms with Crippen molar-refractivity contribution in [2.24, 2.45) is 11.8 Å². The maximum Gasteiger partial charge on any atom is 0.0700 e. The molecule has 13 heavy (non-hydrogen) atoms. The lowest BCUT2D eigenvalue weighted by Gasteiger charge is -2.35. The second-order valence-corrected chi connectivity index (χ2v) is 4.87. The van der Waals surface area contributed by atoms with Crippen molar-refractivity contribution < 1.29 is 9.84 Å². The number of ether oxygens (including phenoxy) is 1. The lowest BCUT2D eigenvalue weighted by atomic mass is 9.82. The van der Waals surface area contributed by atoms with Crippen LogP contribution in [0.25, 0.3) is 0 Å². The average Bonchev–Trinajstić information content (AvgIpc) is 2.49. The van der Waals surface area contributed by atoms with E-state index in [0.717, 1.165) is 38.9 Å². The normalized spacial score (nSPS) is 46.6. The molecule has 2 rings (SSSR count). The van der Waals surface area contributed by atoms with Crippen LogP contribution in [-0.4, -0.2) is 23.9 Å². The Kier molecular flexibility index (Phi) is 2.61. The van der Waals surface area contributed by atoms with Gasteiger partial charge in [-0.05, 0) is 38.0 Å². The van der Waals surface area contributed by atoms with E-state index >= 15 is 0 Å². The highest BCUT2D eigenvalue weighted by Gasteiger charge is 2.42. The third-order valence-electron chi connectivity index (χ3n) is 3.69. The minimum absolute atomic E-state index is 0.389. The molecule has 0 aromatic rings. The van der Waals surface area contributed by atoms with E-state index < -0.39 is 0 Å². The molecule has 2 fully saturated rings. The Morgan fingerprint density at radius 3 is 2.77 bits per heavy atom. The topological polar surface area (TPSA) is 29.5 Å². The number of rotatable bonds is 1. The van der Waals surface area contributed by atoms with Gasteiger partial charge in [-0.3, -0.25) is 0 Å². The van der Waals surface area contributed by atoms with Crippen molar-refractivity contribution >= 4 is 0 Å². The Balaban J connectivity index is 1.97. The van der Waals surface area contributed by atoms with Crippen LogP contribution >= 0.6 is 0 Å². The van der Waals surface area contributed by atoms with Gasteiger partial charge in [-0.1, -0.05) is 6.92 Å². The van der Waals surface area contributed by atoms with Gasteiger partial charge in [-0.15, -0.1) is 0 Å². The predicted molar refractivity (Wildman–Crippen MR) is 51.5 cm³/mol. The van der Waals surface area contributed by atoms with Crippen molar-refractivity contribution in [3.8, 4) is 0 Å². The van der Waals surface area contributed by atoms with Crippen molar-refractivity contribution in [1.29, 1.82) is 0 Å². The third-order valence-corrected chi connectivity index (χ3v) is 3.69. The second-order valence-electron chi connectivity index (χ2n) is 4.87. The van der Waals surface area contributed by atoms with Crippen LogP contribution in [0.5, 0.6) is 0 Å². The molecule has 2 heteroatoms. The molecule has 1 N–H and O–H groups in total. The van der Waals surface area contributed by atoms with Gasteiger partial charge in [0.2, 0.25) is 0 Å². The fourth-order valence-electron chi connectivity index (χ4n) is 2.84. The van der Waals surface area contributed by atoms with Crippen LogP contribution in [-0.2, 0) is 4.74 Å². The van der Waals surface area contributed by atoms with E-state index in [1.54, 1.807) is 0 Å². The van der Waals surface area contributed by atoms with Crippen LogP contribution in [0, 0.1) is 11.8 Å². The van der Waals surface area contributed by atoms with Gasteiger partial charge in [-0.25, -0.2) is 0 Å². The first-order chi connectivity index (χ1) is 6.21. The monoisotopic (exact) mass is 184 g/mol. The molecule has 0 aromatic carbocycles. The zero-order valence-corrected chi connectivity index (χ0v) is 8.46. The van der Waals surface area contributed by atoms with Gasteiger partial charge >= 0.3 is 0 Å². The average molecular weight is 184 g/mol. The van der Waals surface area contributed by atoms with Crippen LogP contribution in [0.2, 0.25) is 0 Å². The highest BCUT2D eigenvalue weighted by Crippen LogP contribution is 2.42. The fourth-order valence-corrected chi connectivity index (χ4v) is 2.84. The molecule has 0 radical (unpaired) electrons. The number of hydrogen-bond donors (Lipinski definition) is 1. The maximum atomic E-state index is 10.4. The lowest BCUT2D eigenvalue weighted by molar-refractivity contribution is -0.0764. The van der Waals surface area contributed by atoms with Gasteiger partial charge in [0.25, 0.3) is 0 Å². The van der Waals surface area contributed by atoms with Crippen LogP contribution in [0.3, 0.4) is 0 Å². The van der Waals surface area contributed by atoms with Gasteiger partial charge in [0.05, 0.1) is 12.2 Å². The van der Waals surface area contributed by atoms with Crippen LogP contribution in [0.4, 0.5) is 0 Å². The van der Waals surface area contributed by atoms with E-state index in [0.29, 0.717) is 11.8 Å². The molecule has 2 aliphatic rings. The lowest BCUT2D eigenvalue weighted by Crippen LogP contribution is -2.40. The highest BCUT2D eigenvalue weighted by atomic mass is 16.5. The summed E-state index contributed by atoms with van der Waals surface area (Å²) in [7, 11) is 0. The second kappa shape index (κ2) is 3.58. The predicted octanol–water partition coefficient (Wildman–Crippen LogP) is 1.96. The Hall–Kier alpha value is -0.0800. The molecule has 76 valence electrons. The minimum Gasteiger partial charge on any atom is -0.390 e. The largest absolute Gasteiger partial charge is 0.390 e. The molecule has 1 aliphatic heterocycles. The van der Waals surface area contributed by atoms with Gasteiger partial charge in [0, 0.05) is 12.5 Å². The summed E-state index contributed by atoms with van der Waals surface area (Å²) < 4.78 is 5.43. The molecule has 1 aliphatic carbocycles. The quantitative estimate of drug-likeness (QED) is 0.675. The molecule has 0 amide bonds. The van der Waals surface area contributed by atoms with E-state index in [1.807, 2.05) is 0 Å². The van der Waals surface area contributed by atoms with Gasteiger partial charge in [0.15, 0.2) is 0 Å². The molecule has 0 aromatic heterocycles. The van der Waals surface area contributed by atoms with E-state index in [4.69, 9.17) is 4.74 Å². The first kappa shape index (κ1) is 9.47. The molecular weight excluding hydrogens is 164 g/mol. The highest BCUT2D eigenvalue weighted by molar-refractivity contribution is 4.93. The van der Waals surface area contributed by atoms with Crippen molar-refractivity contribution in [1.82, 2.24) is 0 Å². The standard InChI is InChI=1S/C11H20O2/c1-9-4-5-11(12,7-9)10-3-2-6-13-8-10/h9-10,12H,2-8H2,1H3. The maximum absolute atomic E-state index is 10.4. The summed E-state index contributed by atoms with van der Waals surface area (Å²) in [6, 6.07) is 0. The molecule has 1 saturated heterocycles. The number of hydrogen-bond acceptors (Lipinski definition) is 2. The SMILES string of the molecule is CC1CCC(O)(C2CCCOC2)C1. The van der Waals surface area contributed by atoms with E-state index in [2.05, 4.69) is 6.92 Å². The van der Waals surface area contributed by atoms with Gasteiger partial charge < -0.3 is 9.84 Å². The molecule has 3 atom stereocenters. The molecular formula is C11H20O2. The van der Waals surface area contributed by atoms with Crippen molar-refractivity contribution in [2.45, 2.75) is 44.6 Å². The minimum atomic E-state index is -0.389. The van der Waals surface area contributed by atoms with E-state index in [1.165, 1.54) is 6.42 Å². The zero-order chi connectivity index (χ0) is 9.31. The first-order valence-corrected chi connectivity index (χ1v) is 5.51. The molecule has 2 nitrogen and oxygen atoms in total. The van der Waals surface area contributed by atoms with Crippen LogP contribution < -0.4 is 0 Å². The summed E-state index contributed by atoms with van der Waals surface area (Å²) in [6.45, 7) is 3.91. The molecule has 1 heterocycles. The Labute approximate surface area is 80.3 Å². The molecule has 0 spiro atoms. The van der Waals surface area contributed by atoms with Crippen molar-refractivity contribution in [3.63, 3.8) is 0 Å². The van der Waals surface area contributed by atoms with E-state index in [9.17, 15) is 5.11 Å². The van der Waals surface area contributed by atoms with Crippen LogP contribution in [0.15, 0.2) is 0 Å². The molecule has 3 unspecified atom stereocenters. The van der Waals surface area contributed by atoms with Gasteiger partial charge in [-0.2, -0.15) is 0 Å². The number of aliphatic hydroxyl groups is 1. The van der Waals surface area contributed by atoms with Crippen molar-refractivity contribution in [3.05, 3.63) is 0 Å². The van der Waals surface area contributed by atoms with Crippen LogP contribution in [0.1, 0.15) is 39.0 Å². The summed E-state index contributed by atoms with van der Waals surface area (Å²) in [4.78, 5) is 0. The van der Waals surface area contributed by atoms with Gasteiger partial charge in [0.1, 0.15) is 0 Å². The summed E-state index contributed by atoms with van der Waals surface area (Å²) in [5.74, 6) is 1.11. The Morgan fingerprint density at radius 2 is 2.23 bits per heavy atom. The summed E-state index contributed by atoms with van der Waals surface area (Å²) in [5.41, 5.74) is -0.389. The smallest absolute Gasteiger partial charge is 0.0700 e. The summed E-state index contributed by atoms with van der Waals surface area (Å²) in [5, 5.41) is 10.4. The summed E-state index contributed by atoms with van der Waals surface area (Å²) in [6.07, 6.45) is 5.45.